The minimum Gasteiger partial charge on any atom is -0.437 e. The van der Waals surface area contributed by atoms with Gasteiger partial charge in [0.2, 0.25) is 5.88 Å². The van der Waals surface area contributed by atoms with Crippen LogP contribution in [-0.4, -0.2) is 38.8 Å². The van der Waals surface area contributed by atoms with Crippen molar-refractivity contribution in [3.63, 3.8) is 0 Å². The van der Waals surface area contributed by atoms with Gasteiger partial charge in [-0.05, 0) is 37.1 Å². The van der Waals surface area contributed by atoms with Crippen LogP contribution in [0, 0.1) is 0 Å². The number of carbonyl (C=O) groups is 1. The van der Waals surface area contributed by atoms with Gasteiger partial charge in [0.1, 0.15) is 17.1 Å². The van der Waals surface area contributed by atoms with Crippen molar-refractivity contribution in [1.29, 1.82) is 0 Å². The van der Waals surface area contributed by atoms with Crippen LogP contribution in [0.2, 0.25) is 0 Å². The fourth-order valence-electron chi connectivity index (χ4n) is 3.33. The van der Waals surface area contributed by atoms with Gasteiger partial charge in [0.25, 0.3) is 5.91 Å². The van der Waals surface area contributed by atoms with Crippen LogP contribution in [0.25, 0.3) is 0 Å². The first-order chi connectivity index (χ1) is 13.3. The third-order valence-corrected chi connectivity index (χ3v) is 4.63. The second-order valence-corrected chi connectivity index (χ2v) is 6.47. The Kier molecular flexibility index (Phi) is 5.05. The Hall–Kier alpha value is -3.28. The van der Waals surface area contributed by atoms with E-state index in [0.717, 1.165) is 30.8 Å². The molecule has 0 bridgehead atoms. The van der Waals surface area contributed by atoms with Crippen molar-refractivity contribution in [2.75, 3.05) is 13.1 Å². The van der Waals surface area contributed by atoms with Crippen LogP contribution in [0.3, 0.4) is 0 Å². The lowest BCUT2D eigenvalue weighted by Gasteiger charge is -2.32. The minimum absolute atomic E-state index is 0.0466. The van der Waals surface area contributed by atoms with Gasteiger partial charge in [-0.25, -0.2) is 4.98 Å². The molecule has 0 spiro atoms. The van der Waals surface area contributed by atoms with Gasteiger partial charge < -0.3 is 9.64 Å². The monoisotopic (exact) mass is 360 g/mol. The molecule has 6 nitrogen and oxygen atoms in total. The number of ether oxygens (including phenoxy) is 1. The molecule has 0 saturated carbocycles. The SMILES string of the molecule is O=C(c1ccccn1)N1CCC[C@H](c2nccnc2Oc2ccccc2)C1. The highest BCUT2D eigenvalue weighted by Gasteiger charge is 2.29. The maximum absolute atomic E-state index is 12.7. The lowest BCUT2D eigenvalue weighted by Crippen LogP contribution is -2.39. The van der Waals surface area contributed by atoms with E-state index in [4.69, 9.17) is 4.74 Å². The number of amides is 1. The molecule has 1 saturated heterocycles. The molecule has 1 amide bonds. The van der Waals surface area contributed by atoms with Crippen molar-refractivity contribution < 1.29 is 9.53 Å². The second-order valence-electron chi connectivity index (χ2n) is 6.47. The molecule has 136 valence electrons. The Balaban J connectivity index is 1.54. The smallest absolute Gasteiger partial charge is 0.272 e. The summed E-state index contributed by atoms with van der Waals surface area (Å²) in [5.41, 5.74) is 1.26. The van der Waals surface area contributed by atoms with Crippen LogP contribution in [0.1, 0.15) is 34.9 Å². The van der Waals surface area contributed by atoms with Gasteiger partial charge in [0.05, 0.1) is 0 Å². The Bertz CT molecular complexity index is 902. The number of likely N-dealkylation sites (tertiary alicyclic amines) is 1. The van der Waals surface area contributed by atoms with Gasteiger partial charge in [-0.1, -0.05) is 24.3 Å². The van der Waals surface area contributed by atoms with Gasteiger partial charge in [-0.3, -0.25) is 14.8 Å². The fourth-order valence-corrected chi connectivity index (χ4v) is 3.33. The molecule has 0 unspecified atom stereocenters. The van der Waals surface area contributed by atoms with Gasteiger partial charge in [0, 0.05) is 37.6 Å². The van der Waals surface area contributed by atoms with Crippen molar-refractivity contribution in [2.45, 2.75) is 18.8 Å². The van der Waals surface area contributed by atoms with E-state index in [1.54, 1.807) is 24.7 Å². The number of benzene rings is 1. The lowest BCUT2D eigenvalue weighted by atomic mass is 9.94. The Morgan fingerprint density at radius 2 is 1.78 bits per heavy atom. The zero-order chi connectivity index (χ0) is 18.5. The van der Waals surface area contributed by atoms with E-state index in [-0.39, 0.29) is 11.8 Å². The quantitative estimate of drug-likeness (QED) is 0.710. The van der Waals surface area contributed by atoms with E-state index < -0.39 is 0 Å². The van der Waals surface area contributed by atoms with E-state index in [1.807, 2.05) is 47.4 Å². The Morgan fingerprint density at radius 3 is 2.59 bits per heavy atom. The summed E-state index contributed by atoms with van der Waals surface area (Å²) in [6.45, 7) is 1.31. The number of nitrogens with zero attached hydrogens (tertiary/aromatic N) is 4. The van der Waals surface area contributed by atoms with E-state index in [9.17, 15) is 4.79 Å². The summed E-state index contributed by atoms with van der Waals surface area (Å²) >= 11 is 0. The highest BCUT2D eigenvalue weighted by atomic mass is 16.5. The number of rotatable bonds is 4. The zero-order valence-electron chi connectivity index (χ0n) is 14.9. The normalized spacial score (nSPS) is 16.7. The molecule has 1 aliphatic rings. The van der Waals surface area contributed by atoms with E-state index >= 15 is 0 Å². The van der Waals surface area contributed by atoms with Crippen molar-refractivity contribution in [3.8, 4) is 11.6 Å². The molecule has 1 fully saturated rings. The average molecular weight is 360 g/mol. The number of para-hydroxylation sites is 1. The molecule has 6 heteroatoms. The van der Waals surface area contributed by atoms with Crippen LogP contribution in [0.4, 0.5) is 0 Å². The van der Waals surface area contributed by atoms with Crippen LogP contribution in [0.5, 0.6) is 11.6 Å². The molecule has 0 radical (unpaired) electrons. The van der Waals surface area contributed by atoms with Crippen molar-refractivity contribution in [1.82, 2.24) is 19.9 Å². The zero-order valence-corrected chi connectivity index (χ0v) is 14.9. The molecule has 2 aromatic heterocycles. The maximum Gasteiger partial charge on any atom is 0.272 e. The number of carbonyl (C=O) groups excluding carboxylic acids is 1. The van der Waals surface area contributed by atoms with Crippen molar-refractivity contribution in [2.24, 2.45) is 0 Å². The summed E-state index contributed by atoms with van der Waals surface area (Å²) < 4.78 is 5.95. The van der Waals surface area contributed by atoms with Gasteiger partial charge >= 0.3 is 0 Å². The van der Waals surface area contributed by atoms with Crippen LogP contribution < -0.4 is 4.74 Å². The number of piperidine rings is 1. The van der Waals surface area contributed by atoms with E-state index in [1.165, 1.54) is 0 Å². The number of hydrogen-bond acceptors (Lipinski definition) is 5. The Morgan fingerprint density at radius 1 is 0.963 bits per heavy atom. The summed E-state index contributed by atoms with van der Waals surface area (Å²) in [6, 6.07) is 14.9. The summed E-state index contributed by atoms with van der Waals surface area (Å²) in [5, 5.41) is 0. The van der Waals surface area contributed by atoms with Gasteiger partial charge in [-0.2, -0.15) is 0 Å². The molecule has 1 aromatic carbocycles. The molecule has 4 rings (SSSR count). The first-order valence-corrected chi connectivity index (χ1v) is 9.05. The molecular formula is C21H20N4O2. The van der Waals surface area contributed by atoms with Crippen molar-refractivity contribution >= 4 is 5.91 Å². The first kappa shape index (κ1) is 17.1. The second kappa shape index (κ2) is 7.95. The van der Waals surface area contributed by atoms with Crippen molar-refractivity contribution in [3.05, 3.63) is 78.5 Å². The third kappa shape index (κ3) is 3.95. The molecular weight excluding hydrogens is 340 g/mol. The first-order valence-electron chi connectivity index (χ1n) is 9.05. The maximum atomic E-state index is 12.7. The minimum atomic E-state index is -0.0466. The number of hydrogen-bond donors (Lipinski definition) is 0. The standard InChI is InChI=1S/C21H20N4O2/c26-21(18-10-4-5-11-22-18)25-14-6-7-16(15-25)19-20(24-13-12-23-19)27-17-8-2-1-3-9-17/h1-5,8-13,16H,6-7,14-15H2/t16-/m0/s1. The lowest BCUT2D eigenvalue weighted by molar-refractivity contribution is 0.0699. The van der Waals surface area contributed by atoms with Crippen LogP contribution >= 0.6 is 0 Å². The molecule has 0 N–H and O–H groups in total. The molecule has 0 aliphatic carbocycles. The van der Waals surface area contributed by atoms with Gasteiger partial charge in [-0.15, -0.1) is 0 Å². The third-order valence-electron chi connectivity index (χ3n) is 4.63. The highest BCUT2D eigenvalue weighted by molar-refractivity contribution is 5.92. The predicted molar refractivity (Wildman–Crippen MR) is 101 cm³/mol. The molecule has 3 heterocycles. The topological polar surface area (TPSA) is 68.2 Å². The largest absolute Gasteiger partial charge is 0.437 e. The summed E-state index contributed by atoms with van der Waals surface area (Å²) in [6.07, 6.45) is 6.79. The van der Waals surface area contributed by atoms with E-state index in [0.29, 0.717) is 18.1 Å². The average Bonchev–Trinajstić information content (AvgIpc) is 2.75. The predicted octanol–water partition coefficient (Wildman–Crippen LogP) is 3.68. The van der Waals surface area contributed by atoms with E-state index in [2.05, 4.69) is 15.0 Å². The fraction of sp³-hybridized carbons (Fsp3) is 0.238. The Labute approximate surface area is 157 Å². The highest BCUT2D eigenvalue weighted by Crippen LogP contribution is 2.32. The summed E-state index contributed by atoms with van der Waals surface area (Å²) in [7, 11) is 0. The van der Waals surface area contributed by atoms with Gasteiger partial charge in [0.15, 0.2) is 0 Å². The molecule has 1 aliphatic heterocycles. The summed E-state index contributed by atoms with van der Waals surface area (Å²) in [4.78, 5) is 27.7. The van der Waals surface area contributed by atoms with Crippen LogP contribution in [-0.2, 0) is 0 Å². The summed E-state index contributed by atoms with van der Waals surface area (Å²) in [5.74, 6) is 1.26. The molecule has 1 atom stereocenters. The molecule has 27 heavy (non-hydrogen) atoms. The molecule has 3 aromatic rings. The van der Waals surface area contributed by atoms with Crippen LogP contribution in [0.15, 0.2) is 67.1 Å². The number of aromatic nitrogens is 3. The number of pyridine rings is 1.